The van der Waals surface area contributed by atoms with Crippen molar-refractivity contribution in [3.63, 3.8) is 0 Å². The van der Waals surface area contributed by atoms with E-state index in [0.29, 0.717) is 18.2 Å². The molecule has 1 aliphatic heterocycles. The first kappa shape index (κ1) is 23.1. The van der Waals surface area contributed by atoms with Gasteiger partial charge >= 0.3 is 0 Å². The fraction of sp³-hybridized carbons (Fsp3) is 0.148. The summed E-state index contributed by atoms with van der Waals surface area (Å²) in [5.41, 5.74) is 3.54. The number of ether oxygens (including phenoxy) is 1. The molecule has 7 nitrogen and oxygen atoms in total. The van der Waals surface area contributed by atoms with Crippen molar-refractivity contribution in [1.82, 2.24) is 9.55 Å². The fourth-order valence-corrected chi connectivity index (χ4v) is 5.00. The number of carbonyl (C=O) groups is 1. The number of amides is 1. The summed E-state index contributed by atoms with van der Waals surface area (Å²) < 4.78 is 7.68. The van der Waals surface area contributed by atoms with Gasteiger partial charge in [0.15, 0.2) is 5.69 Å². The third-order valence-corrected chi connectivity index (χ3v) is 7.08. The zero-order valence-corrected chi connectivity index (χ0v) is 21.4. The van der Waals surface area contributed by atoms with Crippen LogP contribution in [-0.4, -0.2) is 22.6 Å². The lowest BCUT2D eigenvalue weighted by atomic mass is 9.98. The highest BCUT2D eigenvalue weighted by molar-refractivity contribution is 14.1. The van der Waals surface area contributed by atoms with E-state index in [9.17, 15) is 9.59 Å². The SMILES string of the molecule is COc1c(C(=O)Nc2ccccc2I)nc(N2Cc3ccccc3C2c2ccccc2)n(C)c1=O. The van der Waals surface area contributed by atoms with Crippen LogP contribution in [0.2, 0.25) is 0 Å². The van der Waals surface area contributed by atoms with Gasteiger partial charge in [0.1, 0.15) is 0 Å². The number of anilines is 2. The molecule has 0 saturated carbocycles. The number of para-hydroxylation sites is 1. The van der Waals surface area contributed by atoms with Crippen LogP contribution in [0.3, 0.4) is 0 Å². The minimum atomic E-state index is -0.502. The van der Waals surface area contributed by atoms with E-state index >= 15 is 0 Å². The summed E-state index contributed by atoms with van der Waals surface area (Å²) in [7, 11) is 3.03. The molecule has 2 heterocycles. The van der Waals surface area contributed by atoms with Crippen LogP contribution in [0.5, 0.6) is 5.75 Å². The van der Waals surface area contributed by atoms with Gasteiger partial charge in [-0.05, 0) is 51.4 Å². The molecule has 35 heavy (non-hydrogen) atoms. The number of hydrogen-bond donors (Lipinski definition) is 1. The molecule has 176 valence electrons. The maximum Gasteiger partial charge on any atom is 0.297 e. The molecule has 5 rings (SSSR count). The molecule has 3 aromatic carbocycles. The first-order valence-electron chi connectivity index (χ1n) is 11.1. The van der Waals surface area contributed by atoms with Crippen LogP contribution >= 0.6 is 22.6 Å². The first-order chi connectivity index (χ1) is 17.0. The van der Waals surface area contributed by atoms with E-state index in [1.807, 2.05) is 48.5 Å². The minimum absolute atomic E-state index is 0.0481. The summed E-state index contributed by atoms with van der Waals surface area (Å²) in [4.78, 5) is 33.4. The van der Waals surface area contributed by atoms with E-state index in [2.05, 4.69) is 57.1 Å². The average molecular weight is 578 g/mol. The zero-order valence-electron chi connectivity index (χ0n) is 19.2. The molecule has 1 amide bonds. The van der Waals surface area contributed by atoms with E-state index in [0.717, 1.165) is 20.3 Å². The number of nitrogens with one attached hydrogen (secondary N) is 1. The molecule has 0 aliphatic carbocycles. The minimum Gasteiger partial charge on any atom is -0.489 e. The third-order valence-electron chi connectivity index (χ3n) is 6.14. The molecule has 1 N–H and O–H groups in total. The van der Waals surface area contributed by atoms with Crippen LogP contribution in [0.25, 0.3) is 0 Å². The van der Waals surface area contributed by atoms with Gasteiger partial charge in [0.05, 0.1) is 18.8 Å². The Balaban J connectivity index is 1.63. The molecule has 1 unspecified atom stereocenters. The molecule has 8 heteroatoms. The van der Waals surface area contributed by atoms with E-state index in [1.165, 1.54) is 11.7 Å². The van der Waals surface area contributed by atoms with Gasteiger partial charge in [0.2, 0.25) is 11.7 Å². The maximum atomic E-state index is 13.3. The van der Waals surface area contributed by atoms with Crippen LogP contribution in [-0.2, 0) is 13.6 Å². The Morgan fingerprint density at radius 3 is 2.46 bits per heavy atom. The number of carbonyl (C=O) groups excluding carboxylic acids is 1. The van der Waals surface area contributed by atoms with Crippen LogP contribution < -0.4 is 20.5 Å². The molecule has 0 bridgehead atoms. The molecule has 4 aromatic rings. The average Bonchev–Trinajstić information content (AvgIpc) is 3.26. The Labute approximate surface area is 216 Å². The number of rotatable bonds is 5. The normalized spacial score (nSPS) is 14.5. The zero-order chi connectivity index (χ0) is 24.5. The standard InChI is InChI=1S/C27H23IN4O3/c1-31-26(34)24(35-2)22(25(33)29-21-15-9-8-14-20(21)28)30-27(31)32-16-18-12-6-7-13-19(18)23(32)17-10-4-3-5-11-17/h3-15,23H,16H2,1-2H3,(H,29,33). The summed E-state index contributed by atoms with van der Waals surface area (Å²) >= 11 is 2.15. The van der Waals surface area contributed by atoms with Crippen LogP contribution in [0.15, 0.2) is 83.7 Å². The number of halogens is 1. The van der Waals surface area contributed by atoms with Crippen molar-refractivity contribution in [1.29, 1.82) is 0 Å². The number of aromatic nitrogens is 2. The number of hydrogen-bond acceptors (Lipinski definition) is 5. The molecule has 1 atom stereocenters. The molecule has 1 aromatic heterocycles. The van der Waals surface area contributed by atoms with Crippen molar-refractivity contribution in [2.75, 3.05) is 17.3 Å². The van der Waals surface area contributed by atoms with Crippen molar-refractivity contribution < 1.29 is 9.53 Å². The lowest BCUT2D eigenvalue weighted by molar-refractivity contribution is 0.101. The summed E-state index contributed by atoms with van der Waals surface area (Å²) in [6, 6.07) is 25.6. The topological polar surface area (TPSA) is 76.5 Å². The first-order valence-corrected chi connectivity index (χ1v) is 12.2. The van der Waals surface area contributed by atoms with Gasteiger partial charge in [-0.3, -0.25) is 14.2 Å². The highest BCUT2D eigenvalue weighted by atomic mass is 127. The van der Waals surface area contributed by atoms with Crippen molar-refractivity contribution in [2.24, 2.45) is 7.05 Å². The summed E-state index contributed by atoms with van der Waals surface area (Å²) in [5.74, 6) is -0.195. The quantitative estimate of drug-likeness (QED) is 0.346. The number of fused-ring (bicyclic) bond motifs is 1. The van der Waals surface area contributed by atoms with Gasteiger partial charge in [0, 0.05) is 17.2 Å². The summed E-state index contributed by atoms with van der Waals surface area (Å²) in [6.07, 6.45) is 0. The Morgan fingerprint density at radius 2 is 1.71 bits per heavy atom. The molecule has 0 fully saturated rings. The highest BCUT2D eigenvalue weighted by Crippen LogP contribution is 2.40. The Kier molecular flexibility index (Phi) is 6.29. The predicted molar refractivity (Wildman–Crippen MR) is 144 cm³/mol. The van der Waals surface area contributed by atoms with Crippen molar-refractivity contribution in [3.8, 4) is 5.75 Å². The molecular formula is C27H23IN4O3. The molecule has 0 spiro atoms. The van der Waals surface area contributed by atoms with E-state index in [4.69, 9.17) is 9.72 Å². The van der Waals surface area contributed by atoms with Gasteiger partial charge < -0.3 is 15.0 Å². The van der Waals surface area contributed by atoms with Gasteiger partial charge in [-0.1, -0.05) is 66.7 Å². The second kappa shape index (κ2) is 9.53. The predicted octanol–water partition coefficient (Wildman–Crippen LogP) is 4.76. The lowest BCUT2D eigenvalue weighted by Crippen LogP contribution is -2.34. The molecular weight excluding hydrogens is 555 g/mol. The maximum absolute atomic E-state index is 13.3. The molecule has 1 aliphatic rings. The van der Waals surface area contributed by atoms with E-state index in [1.54, 1.807) is 13.1 Å². The Hall–Kier alpha value is -3.66. The number of methoxy groups -OCH3 is 1. The monoisotopic (exact) mass is 578 g/mol. The van der Waals surface area contributed by atoms with Crippen molar-refractivity contribution in [3.05, 3.63) is 115 Å². The Morgan fingerprint density at radius 1 is 1.03 bits per heavy atom. The van der Waals surface area contributed by atoms with Crippen LogP contribution in [0.4, 0.5) is 11.6 Å². The fourth-order valence-electron chi connectivity index (χ4n) is 4.48. The summed E-state index contributed by atoms with van der Waals surface area (Å²) in [6.45, 7) is 0.556. The van der Waals surface area contributed by atoms with Gasteiger partial charge in [-0.2, -0.15) is 0 Å². The highest BCUT2D eigenvalue weighted by Gasteiger charge is 2.35. The smallest absolute Gasteiger partial charge is 0.297 e. The van der Waals surface area contributed by atoms with E-state index in [-0.39, 0.29) is 17.5 Å². The van der Waals surface area contributed by atoms with Crippen molar-refractivity contribution >= 4 is 40.1 Å². The van der Waals surface area contributed by atoms with Gasteiger partial charge in [0.25, 0.3) is 11.5 Å². The van der Waals surface area contributed by atoms with E-state index < -0.39 is 11.5 Å². The van der Waals surface area contributed by atoms with Gasteiger partial charge in [-0.25, -0.2) is 4.98 Å². The lowest BCUT2D eigenvalue weighted by Gasteiger charge is -2.28. The van der Waals surface area contributed by atoms with Crippen molar-refractivity contribution in [2.45, 2.75) is 12.6 Å². The summed E-state index contributed by atoms with van der Waals surface area (Å²) in [5, 5.41) is 2.87. The molecule has 0 saturated heterocycles. The van der Waals surface area contributed by atoms with Crippen LogP contribution in [0.1, 0.15) is 33.2 Å². The van der Waals surface area contributed by atoms with Crippen LogP contribution in [0, 0.1) is 3.57 Å². The third kappa shape index (κ3) is 4.18. The van der Waals surface area contributed by atoms with Gasteiger partial charge in [-0.15, -0.1) is 0 Å². The molecule has 0 radical (unpaired) electrons. The number of nitrogens with zero attached hydrogens (tertiary/aromatic N) is 3. The second-order valence-corrected chi connectivity index (χ2v) is 9.39. The second-order valence-electron chi connectivity index (χ2n) is 8.23. The number of benzene rings is 3. The largest absolute Gasteiger partial charge is 0.489 e. The Bertz CT molecular complexity index is 1470.